The summed E-state index contributed by atoms with van der Waals surface area (Å²) in [6.07, 6.45) is 3.55. The number of carbonyl (C=O) groups excluding carboxylic acids is 1. The van der Waals surface area contributed by atoms with E-state index in [-0.39, 0.29) is 11.9 Å². The van der Waals surface area contributed by atoms with Gasteiger partial charge in [-0.1, -0.05) is 13.8 Å². The van der Waals surface area contributed by atoms with Gasteiger partial charge in [0, 0.05) is 0 Å². The van der Waals surface area contributed by atoms with Crippen LogP contribution in [0, 0.1) is 11.8 Å². The molecule has 0 aromatic heterocycles. The first-order chi connectivity index (χ1) is 6.85. The fraction of sp³-hybridized carbons (Fsp3) is 0.750. The number of nitrogens with two attached hydrogens (primary N) is 1. The molecule has 1 aliphatic heterocycles. The second kappa shape index (κ2) is 4.35. The summed E-state index contributed by atoms with van der Waals surface area (Å²) in [7, 11) is 0. The molecule has 2 N–H and O–H groups in total. The highest BCUT2D eigenvalue weighted by Gasteiger charge is 2.36. The van der Waals surface area contributed by atoms with Crippen molar-refractivity contribution in [3.63, 3.8) is 0 Å². The average molecular weight is 211 g/mol. The minimum atomic E-state index is -0.874. The summed E-state index contributed by atoms with van der Waals surface area (Å²) in [4.78, 5) is 11.7. The van der Waals surface area contributed by atoms with Crippen LogP contribution < -0.4 is 5.73 Å². The number of carbonyl (C=O) groups is 1. The maximum Gasteiger partial charge on any atom is 0.330 e. The molecule has 0 aliphatic carbocycles. The Morgan fingerprint density at radius 2 is 2.07 bits per heavy atom. The predicted octanol–water partition coefficient (Wildman–Crippen LogP) is 2.22. The van der Waals surface area contributed by atoms with E-state index in [1.807, 2.05) is 13.8 Å². The molecule has 0 saturated heterocycles. The van der Waals surface area contributed by atoms with Crippen LogP contribution in [0.25, 0.3) is 0 Å². The molecular formula is C12H21NO2. The van der Waals surface area contributed by atoms with E-state index in [1.54, 1.807) is 13.2 Å². The summed E-state index contributed by atoms with van der Waals surface area (Å²) in [6, 6.07) is 0. The molecule has 1 heterocycles. The molecule has 0 bridgehead atoms. The predicted molar refractivity (Wildman–Crippen MR) is 60.0 cm³/mol. The molecule has 3 nitrogen and oxygen atoms in total. The first kappa shape index (κ1) is 12.2. The molecule has 0 amide bonds. The van der Waals surface area contributed by atoms with Gasteiger partial charge in [0.05, 0.1) is 6.26 Å². The topological polar surface area (TPSA) is 52.3 Å². The Bertz CT molecular complexity index is 281. The van der Waals surface area contributed by atoms with Crippen LogP contribution in [0.4, 0.5) is 0 Å². The number of cyclic esters (lactones) is 1. The van der Waals surface area contributed by atoms with Crippen molar-refractivity contribution < 1.29 is 9.53 Å². The summed E-state index contributed by atoms with van der Waals surface area (Å²) < 4.78 is 5.11. The maximum atomic E-state index is 11.7. The van der Waals surface area contributed by atoms with Crippen molar-refractivity contribution in [1.29, 1.82) is 0 Å². The zero-order chi connectivity index (χ0) is 11.6. The van der Waals surface area contributed by atoms with Gasteiger partial charge in [0.15, 0.2) is 0 Å². The van der Waals surface area contributed by atoms with E-state index in [1.165, 1.54) is 0 Å². The average Bonchev–Trinajstić information content (AvgIpc) is 2.21. The van der Waals surface area contributed by atoms with Gasteiger partial charge >= 0.3 is 5.97 Å². The van der Waals surface area contributed by atoms with Crippen LogP contribution in [0.5, 0.6) is 0 Å². The van der Waals surface area contributed by atoms with Crippen molar-refractivity contribution in [1.82, 2.24) is 0 Å². The van der Waals surface area contributed by atoms with E-state index < -0.39 is 5.54 Å². The normalized spacial score (nSPS) is 41.9. The fourth-order valence-electron chi connectivity index (χ4n) is 1.62. The van der Waals surface area contributed by atoms with Crippen LogP contribution in [0.1, 0.15) is 40.5 Å². The van der Waals surface area contributed by atoms with Crippen LogP contribution in [0.15, 0.2) is 11.8 Å². The number of rotatable bonds is 0. The van der Waals surface area contributed by atoms with E-state index >= 15 is 0 Å². The lowest BCUT2D eigenvalue weighted by molar-refractivity contribution is -0.145. The molecule has 0 radical (unpaired) electrons. The molecule has 86 valence electrons. The Morgan fingerprint density at radius 1 is 1.47 bits per heavy atom. The molecule has 0 fully saturated rings. The largest absolute Gasteiger partial charge is 0.433 e. The third kappa shape index (κ3) is 2.59. The summed E-state index contributed by atoms with van der Waals surface area (Å²) >= 11 is 0. The summed E-state index contributed by atoms with van der Waals surface area (Å²) in [5, 5.41) is 0. The monoisotopic (exact) mass is 211 g/mol. The molecule has 1 rings (SSSR count). The van der Waals surface area contributed by atoms with Crippen LogP contribution in [0.3, 0.4) is 0 Å². The Hall–Kier alpha value is -0.830. The van der Waals surface area contributed by atoms with E-state index in [9.17, 15) is 4.79 Å². The fourth-order valence-corrected chi connectivity index (χ4v) is 1.62. The van der Waals surface area contributed by atoms with Crippen LogP contribution in [-0.2, 0) is 9.53 Å². The number of hydrogen-bond donors (Lipinski definition) is 1. The number of allylic oxidation sites excluding steroid dienone is 1. The summed E-state index contributed by atoms with van der Waals surface area (Å²) in [5.41, 5.74) is 6.22. The molecule has 0 aromatic carbocycles. The van der Waals surface area contributed by atoms with Gasteiger partial charge in [0.25, 0.3) is 0 Å². The quantitative estimate of drug-likeness (QED) is 0.625. The van der Waals surface area contributed by atoms with E-state index in [4.69, 9.17) is 10.5 Å². The van der Waals surface area contributed by atoms with Crippen molar-refractivity contribution in [2.24, 2.45) is 17.6 Å². The Kier molecular flexibility index (Phi) is 3.55. The van der Waals surface area contributed by atoms with Crippen molar-refractivity contribution in [2.45, 2.75) is 46.1 Å². The molecule has 3 atom stereocenters. The van der Waals surface area contributed by atoms with Gasteiger partial charge in [-0.2, -0.15) is 0 Å². The van der Waals surface area contributed by atoms with Gasteiger partial charge < -0.3 is 10.5 Å². The van der Waals surface area contributed by atoms with Crippen LogP contribution in [0.2, 0.25) is 0 Å². The number of hydrogen-bond acceptors (Lipinski definition) is 3. The lowest BCUT2D eigenvalue weighted by atomic mass is 9.82. The summed E-state index contributed by atoms with van der Waals surface area (Å²) in [5.74, 6) is 0.268. The Morgan fingerprint density at radius 3 is 2.67 bits per heavy atom. The number of esters is 1. The molecule has 3 heteroatoms. The van der Waals surface area contributed by atoms with Gasteiger partial charge in [-0.05, 0) is 44.1 Å². The third-order valence-electron chi connectivity index (χ3n) is 3.63. The SMILES string of the molecule is C/C1=C/OC(=O)[C@](C)(N)[C@@H](C)CCC1C. The highest BCUT2D eigenvalue weighted by Crippen LogP contribution is 2.27. The van der Waals surface area contributed by atoms with Gasteiger partial charge in [-0.15, -0.1) is 0 Å². The molecule has 1 unspecified atom stereocenters. The zero-order valence-corrected chi connectivity index (χ0v) is 10.0. The zero-order valence-electron chi connectivity index (χ0n) is 10.0. The van der Waals surface area contributed by atoms with Gasteiger partial charge in [-0.3, -0.25) is 0 Å². The molecule has 15 heavy (non-hydrogen) atoms. The molecule has 0 saturated carbocycles. The standard InChI is InChI=1S/C12H21NO2/c1-8-5-6-10(3)12(4,13)11(14)15-7-9(8)2/h7-8,10H,5-6,13H2,1-4H3/b9-7-/t8?,10-,12+/m0/s1. The van der Waals surface area contributed by atoms with Crippen LogP contribution in [-0.4, -0.2) is 11.5 Å². The van der Waals surface area contributed by atoms with E-state index in [2.05, 4.69) is 6.92 Å². The Labute approximate surface area is 91.7 Å². The number of ether oxygens (including phenoxy) is 1. The molecule has 0 spiro atoms. The lowest BCUT2D eigenvalue weighted by Crippen LogP contribution is -2.50. The van der Waals surface area contributed by atoms with Crippen molar-refractivity contribution >= 4 is 5.97 Å². The van der Waals surface area contributed by atoms with E-state index in [0.717, 1.165) is 18.4 Å². The first-order valence-corrected chi connectivity index (χ1v) is 5.52. The van der Waals surface area contributed by atoms with Gasteiger partial charge in [0.2, 0.25) is 0 Å². The lowest BCUT2D eigenvalue weighted by Gasteiger charge is -2.28. The molecule has 1 aliphatic rings. The second-order valence-electron chi connectivity index (χ2n) is 4.93. The highest BCUT2D eigenvalue weighted by molar-refractivity contribution is 5.81. The van der Waals surface area contributed by atoms with Crippen molar-refractivity contribution in [2.75, 3.05) is 0 Å². The van der Waals surface area contributed by atoms with Gasteiger partial charge in [-0.25, -0.2) is 4.79 Å². The van der Waals surface area contributed by atoms with Crippen molar-refractivity contribution in [3.05, 3.63) is 11.8 Å². The minimum absolute atomic E-state index is 0.145. The van der Waals surface area contributed by atoms with Gasteiger partial charge in [0.1, 0.15) is 5.54 Å². The minimum Gasteiger partial charge on any atom is -0.433 e. The smallest absolute Gasteiger partial charge is 0.330 e. The molecule has 0 aromatic rings. The summed E-state index contributed by atoms with van der Waals surface area (Å²) in [6.45, 7) is 7.89. The maximum absolute atomic E-state index is 11.7. The van der Waals surface area contributed by atoms with Crippen molar-refractivity contribution in [3.8, 4) is 0 Å². The Balaban J connectivity index is 2.90. The molecular weight excluding hydrogens is 190 g/mol. The first-order valence-electron chi connectivity index (χ1n) is 5.52. The van der Waals surface area contributed by atoms with E-state index in [0.29, 0.717) is 5.92 Å². The van der Waals surface area contributed by atoms with Crippen LogP contribution >= 0.6 is 0 Å². The second-order valence-corrected chi connectivity index (χ2v) is 4.93. The third-order valence-corrected chi connectivity index (χ3v) is 3.63. The highest BCUT2D eigenvalue weighted by atomic mass is 16.5.